The average molecular weight is 236 g/mol. The second-order valence-electron chi connectivity index (χ2n) is 4.03. The zero-order valence-electron chi connectivity index (χ0n) is 9.97. The van der Waals surface area contributed by atoms with E-state index in [1.165, 1.54) is 7.11 Å². The number of ether oxygens (including phenoxy) is 2. The van der Waals surface area contributed by atoms with Crippen LogP contribution < -0.4 is 10.1 Å². The van der Waals surface area contributed by atoms with Crippen molar-refractivity contribution in [3.63, 3.8) is 0 Å². The van der Waals surface area contributed by atoms with Crippen LogP contribution in [0.25, 0.3) is 0 Å². The van der Waals surface area contributed by atoms with Crippen molar-refractivity contribution >= 4 is 5.97 Å². The van der Waals surface area contributed by atoms with Gasteiger partial charge in [0.05, 0.1) is 20.1 Å². The van der Waals surface area contributed by atoms with Crippen LogP contribution in [0.2, 0.25) is 0 Å². The van der Waals surface area contributed by atoms with Gasteiger partial charge >= 0.3 is 5.97 Å². The fraction of sp³-hybridized carbons (Fsp3) is 0.500. The fourth-order valence-electron chi connectivity index (χ4n) is 2.16. The largest absolute Gasteiger partial charge is 0.481 e. The van der Waals surface area contributed by atoms with Crippen molar-refractivity contribution in [1.82, 2.24) is 10.3 Å². The molecule has 17 heavy (non-hydrogen) atoms. The van der Waals surface area contributed by atoms with Crippen LogP contribution in [0.4, 0.5) is 0 Å². The zero-order chi connectivity index (χ0) is 12.3. The number of rotatable bonds is 3. The first kappa shape index (κ1) is 11.9. The van der Waals surface area contributed by atoms with Crippen molar-refractivity contribution in [2.75, 3.05) is 27.3 Å². The lowest BCUT2D eigenvalue weighted by Gasteiger charge is -2.16. The van der Waals surface area contributed by atoms with E-state index in [-0.39, 0.29) is 17.8 Å². The molecule has 0 bridgehead atoms. The van der Waals surface area contributed by atoms with Crippen LogP contribution in [-0.2, 0) is 9.53 Å². The van der Waals surface area contributed by atoms with Crippen LogP contribution in [-0.4, -0.2) is 38.3 Å². The van der Waals surface area contributed by atoms with Crippen molar-refractivity contribution in [3.8, 4) is 5.88 Å². The summed E-state index contributed by atoms with van der Waals surface area (Å²) < 4.78 is 9.82. The highest BCUT2D eigenvalue weighted by molar-refractivity contribution is 5.74. The average Bonchev–Trinajstić information content (AvgIpc) is 2.87. The van der Waals surface area contributed by atoms with Crippen LogP contribution in [0, 0.1) is 5.92 Å². The lowest BCUT2D eigenvalue weighted by atomic mass is 9.90. The predicted octanol–water partition coefficient (Wildman–Crippen LogP) is 0.566. The Morgan fingerprint density at radius 3 is 2.82 bits per heavy atom. The molecule has 0 saturated carbocycles. The molecule has 5 heteroatoms. The van der Waals surface area contributed by atoms with E-state index in [1.54, 1.807) is 13.3 Å². The van der Waals surface area contributed by atoms with Gasteiger partial charge in [0.25, 0.3) is 0 Å². The Labute approximate surface area is 100 Å². The number of pyridine rings is 1. The molecule has 92 valence electrons. The molecular formula is C12H16N2O3. The third-order valence-corrected chi connectivity index (χ3v) is 3.11. The lowest BCUT2D eigenvalue weighted by molar-refractivity contribution is -0.145. The fourth-order valence-corrected chi connectivity index (χ4v) is 2.16. The Kier molecular flexibility index (Phi) is 3.58. The highest BCUT2D eigenvalue weighted by atomic mass is 16.5. The van der Waals surface area contributed by atoms with Crippen LogP contribution in [0.15, 0.2) is 18.3 Å². The normalized spacial score (nSPS) is 23.4. The van der Waals surface area contributed by atoms with Gasteiger partial charge in [-0.3, -0.25) is 4.79 Å². The van der Waals surface area contributed by atoms with Gasteiger partial charge in [0.1, 0.15) is 0 Å². The molecule has 2 rings (SSSR count). The Bertz CT molecular complexity index is 391. The Morgan fingerprint density at radius 2 is 2.24 bits per heavy atom. The Hall–Kier alpha value is -1.62. The molecule has 2 atom stereocenters. The summed E-state index contributed by atoms with van der Waals surface area (Å²) in [5.74, 6) is 0.404. The maximum absolute atomic E-state index is 11.6. The number of methoxy groups -OCH3 is 2. The highest BCUT2D eigenvalue weighted by Gasteiger charge is 2.34. The molecule has 0 spiro atoms. The zero-order valence-corrected chi connectivity index (χ0v) is 9.97. The molecule has 0 aliphatic carbocycles. The highest BCUT2D eigenvalue weighted by Crippen LogP contribution is 2.29. The van der Waals surface area contributed by atoms with Gasteiger partial charge in [0.15, 0.2) is 0 Å². The van der Waals surface area contributed by atoms with E-state index in [0.29, 0.717) is 12.4 Å². The molecule has 1 aromatic rings. The van der Waals surface area contributed by atoms with Gasteiger partial charge in [0, 0.05) is 31.3 Å². The third-order valence-electron chi connectivity index (χ3n) is 3.11. The topological polar surface area (TPSA) is 60.5 Å². The predicted molar refractivity (Wildman–Crippen MR) is 61.9 cm³/mol. The summed E-state index contributed by atoms with van der Waals surface area (Å²) >= 11 is 0. The SMILES string of the molecule is COC(=O)C1CNCC1c1ccc(OC)nc1. The number of hydrogen-bond acceptors (Lipinski definition) is 5. The summed E-state index contributed by atoms with van der Waals surface area (Å²) in [5, 5.41) is 3.20. The van der Waals surface area contributed by atoms with E-state index in [4.69, 9.17) is 9.47 Å². The van der Waals surface area contributed by atoms with E-state index >= 15 is 0 Å². The Morgan fingerprint density at radius 1 is 1.41 bits per heavy atom. The van der Waals surface area contributed by atoms with Gasteiger partial charge in [0.2, 0.25) is 5.88 Å². The molecule has 0 amide bonds. The summed E-state index contributed by atoms with van der Waals surface area (Å²) in [4.78, 5) is 15.8. The third kappa shape index (κ3) is 2.39. The number of nitrogens with one attached hydrogen (secondary N) is 1. The molecule has 1 aromatic heterocycles. The summed E-state index contributed by atoms with van der Waals surface area (Å²) in [6.07, 6.45) is 1.76. The number of hydrogen-bond donors (Lipinski definition) is 1. The van der Waals surface area contributed by atoms with Crippen LogP contribution in [0.1, 0.15) is 11.5 Å². The molecule has 1 aliphatic rings. The first-order chi connectivity index (χ1) is 8.26. The van der Waals surface area contributed by atoms with Gasteiger partial charge in [-0.15, -0.1) is 0 Å². The van der Waals surface area contributed by atoms with Crippen LogP contribution in [0.3, 0.4) is 0 Å². The molecule has 0 radical (unpaired) electrons. The van der Waals surface area contributed by atoms with Crippen molar-refractivity contribution in [3.05, 3.63) is 23.9 Å². The minimum atomic E-state index is -0.171. The maximum Gasteiger partial charge on any atom is 0.310 e. The molecule has 1 fully saturated rings. The molecule has 1 N–H and O–H groups in total. The number of carbonyl (C=O) groups excluding carboxylic acids is 1. The molecule has 0 aromatic carbocycles. The summed E-state index contributed by atoms with van der Waals surface area (Å²) in [5.41, 5.74) is 1.03. The van der Waals surface area contributed by atoms with Gasteiger partial charge in [-0.1, -0.05) is 6.07 Å². The van der Waals surface area contributed by atoms with E-state index in [1.807, 2.05) is 12.1 Å². The number of esters is 1. The van der Waals surface area contributed by atoms with Crippen molar-refractivity contribution in [1.29, 1.82) is 0 Å². The molecule has 2 unspecified atom stereocenters. The van der Waals surface area contributed by atoms with E-state index in [2.05, 4.69) is 10.3 Å². The second-order valence-corrected chi connectivity index (χ2v) is 4.03. The number of aromatic nitrogens is 1. The quantitative estimate of drug-likeness (QED) is 0.777. The first-order valence-electron chi connectivity index (χ1n) is 5.54. The van der Waals surface area contributed by atoms with Crippen LogP contribution in [0.5, 0.6) is 5.88 Å². The summed E-state index contributed by atoms with van der Waals surface area (Å²) in [6.45, 7) is 1.43. The second kappa shape index (κ2) is 5.14. The standard InChI is InChI=1S/C12H16N2O3/c1-16-11-4-3-8(5-14-11)9-6-13-7-10(9)12(15)17-2/h3-5,9-10,13H,6-7H2,1-2H3. The molecule has 2 heterocycles. The molecule has 1 saturated heterocycles. The van der Waals surface area contributed by atoms with Crippen molar-refractivity contribution in [2.24, 2.45) is 5.92 Å². The van der Waals surface area contributed by atoms with Gasteiger partial charge < -0.3 is 14.8 Å². The minimum Gasteiger partial charge on any atom is -0.481 e. The Balaban J connectivity index is 2.17. The molecular weight excluding hydrogens is 220 g/mol. The first-order valence-corrected chi connectivity index (χ1v) is 5.54. The number of carbonyl (C=O) groups is 1. The number of nitrogens with zero attached hydrogens (tertiary/aromatic N) is 1. The van der Waals surface area contributed by atoms with E-state index < -0.39 is 0 Å². The summed E-state index contributed by atoms with van der Waals surface area (Å²) in [7, 11) is 3.00. The maximum atomic E-state index is 11.6. The van der Waals surface area contributed by atoms with Gasteiger partial charge in [-0.05, 0) is 5.56 Å². The minimum absolute atomic E-state index is 0.126. The monoisotopic (exact) mass is 236 g/mol. The van der Waals surface area contributed by atoms with Gasteiger partial charge in [-0.2, -0.15) is 0 Å². The van der Waals surface area contributed by atoms with Crippen LogP contribution >= 0.6 is 0 Å². The van der Waals surface area contributed by atoms with Crippen molar-refractivity contribution in [2.45, 2.75) is 5.92 Å². The van der Waals surface area contributed by atoms with E-state index in [9.17, 15) is 4.79 Å². The molecule has 1 aliphatic heterocycles. The van der Waals surface area contributed by atoms with Gasteiger partial charge in [-0.25, -0.2) is 4.98 Å². The smallest absolute Gasteiger partial charge is 0.310 e. The molecule has 5 nitrogen and oxygen atoms in total. The lowest BCUT2D eigenvalue weighted by Crippen LogP contribution is -2.23. The van der Waals surface area contributed by atoms with E-state index in [0.717, 1.165) is 12.1 Å². The van der Waals surface area contributed by atoms with Crippen molar-refractivity contribution < 1.29 is 14.3 Å². The summed E-state index contributed by atoms with van der Waals surface area (Å²) in [6, 6.07) is 3.75.